The Morgan fingerprint density at radius 1 is 1.32 bits per heavy atom. The number of aryl methyl sites for hydroxylation is 1. The van der Waals surface area contributed by atoms with Gasteiger partial charge in [0.15, 0.2) is 5.78 Å². The molecule has 0 amide bonds. The second kappa shape index (κ2) is 7.67. The van der Waals surface area contributed by atoms with E-state index in [1.807, 2.05) is 19.9 Å². The topological polar surface area (TPSA) is 56.3 Å². The number of aromatic nitrogens is 1. The van der Waals surface area contributed by atoms with Crippen LogP contribution in [0, 0.1) is 5.92 Å². The number of pyridine rings is 1. The molecule has 0 aliphatic rings. The maximum Gasteiger partial charge on any atom is 0.316 e. The number of hydrogen-bond acceptors (Lipinski definition) is 4. The van der Waals surface area contributed by atoms with E-state index in [1.165, 1.54) is 0 Å². The number of ether oxygens (including phenoxy) is 1. The molecule has 104 valence electrons. The summed E-state index contributed by atoms with van der Waals surface area (Å²) in [4.78, 5) is 28.5. The van der Waals surface area contributed by atoms with Crippen molar-refractivity contribution >= 4 is 11.8 Å². The van der Waals surface area contributed by atoms with Gasteiger partial charge in [0.25, 0.3) is 0 Å². The highest BCUT2D eigenvalue weighted by atomic mass is 16.5. The van der Waals surface area contributed by atoms with Gasteiger partial charge in [0.2, 0.25) is 0 Å². The molecule has 1 heterocycles. The van der Waals surface area contributed by atoms with Crippen molar-refractivity contribution in [1.82, 2.24) is 4.98 Å². The van der Waals surface area contributed by atoms with Crippen LogP contribution in [0.15, 0.2) is 18.3 Å². The van der Waals surface area contributed by atoms with Crippen LogP contribution in [0.1, 0.15) is 49.7 Å². The number of nitrogens with zero attached hydrogens (tertiary/aromatic N) is 1. The summed E-state index contributed by atoms with van der Waals surface area (Å²) in [6.45, 7) is 5.93. The maximum absolute atomic E-state index is 12.5. The molecule has 1 unspecified atom stereocenters. The molecular formula is C15H21NO3. The lowest BCUT2D eigenvalue weighted by Crippen LogP contribution is -2.27. The van der Waals surface area contributed by atoms with Crippen molar-refractivity contribution in [2.45, 2.75) is 40.0 Å². The SMILES string of the molecule is CCCC(C(=O)OCC)C(=O)c1ncccc1CC. The molecule has 0 spiro atoms. The molecule has 0 fully saturated rings. The van der Waals surface area contributed by atoms with Crippen LogP contribution in [0.3, 0.4) is 0 Å². The number of carbonyl (C=O) groups excluding carboxylic acids is 2. The molecule has 0 saturated carbocycles. The van der Waals surface area contributed by atoms with Crippen LogP contribution in [0.4, 0.5) is 0 Å². The molecule has 0 aromatic carbocycles. The van der Waals surface area contributed by atoms with Crippen molar-refractivity contribution < 1.29 is 14.3 Å². The fraction of sp³-hybridized carbons (Fsp3) is 0.533. The van der Waals surface area contributed by atoms with Crippen LogP contribution in [-0.2, 0) is 16.0 Å². The van der Waals surface area contributed by atoms with E-state index in [-0.39, 0.29) is 12.4 Å². The van der Waals surface area contributed by atoms with Gasteiger partial charge in [-0.2, -0.15) is 0 Å². The van der Waals surface area contributed by atoms with Gasteiger partial charge >= 0.3 is 5.97 Å². The minimum absolute atomic E-state index is 0.224. The van der Waals surface area contributed by atoms with Gasteiger partial charge in [-0.05, 0) is 31.4 Å². The Balaban J connectivity index is 3.02. The lowest BCUT2D eigenvalue weighted by molar-refractivity contribution is -0.146. The Bertz CT molecular complexity index is 443. The third kappa shape index (κ3) is 3.88. The van der Waals surface area contributed by atoms with Crippen LogP contribution in [0.5, 0.6) is 0 Å². The first kappa shape index (κ1) is 15.3. The normalized spacial score (nSPS) is 11.9. The summed E-state index contributed by atoms with van der Waals surface area (Å²) in [5, 5.41) is 0. The summed E-state index contributed by atoms with van der Waals surface area (Å²) in [7, 11) is 0. The van der Waals surface area contributed by atoms with Crippen LogP contribution in [0.2, 0.25) is 0 Å². The van der Waals surface area contributed by atoms with Gasteiger partial charge in [-0.15, -0.1) is 0 Å². The molecule has 1 aromatic rings. The van der Waals surface area contributed by atoms with Gasteiger partial charge in [-0.1, -0.05) is 26.3 Å². The fourth-order valence-electron chi connectivity index (χ4n) is 2.00. The van der Waals surface area contributed by atoms with Crippen molar-refractivity contribution in [1.29, 1.82) is 0 Å². The zero-order valence-electron chi connectivity index (χ0n) is 11.8. The van der Waals surface area contributed by atoms with E-state index in [1.54, 1.807) is 19.2 Å². The first-order chi connectivity index (χ1) is 9.15. The van der Waals surface area contributed by atoms with Gasteiger partial charge in [-0.25, -0.2) is 0 Å². The molecule has 1 rings (SSSR count). The van der Waals surface area contributed by atoms with Crippen molar-refractivity contribution in [2.75, 3.05) is 6.61 Å². The summed E-state index contributed by atoms with van der Waals surface area (Å²) in [6, 6.07) is 3.67. The highest BCUT2D eigenvalue weighted by Crippen LogP contribution is 2.18. The van der Waals surface area contributed by atoms with Gasteiger partial charge < -0.3 is 4.74 Å². The molecule has 1 atom stereocenters. The van der Waals surface area contributed by atoms with Crippen molar-refractivity contribution in [3.63, 3.8) is 0 Å². The molecule has 4 heteroatoms. The third-order valence-corrected chi connectivity index (χ3v) is 2.97. The van der Waals surface area contributed by atoms with Crippen LogP contribution < -0.4 is 0 Å². The van der Waals surface area contributed by atoms with Gasteiger partial charge in [0, 0.05) is 6.20 Å². The Morgan fingerprint density at radius 3 is 2.63 bits per heavy atom. The molecule has 0 radical (unpaired) electrons. The molecule has 19 heavy (non-hydrogen) atoms. The lowest BCUT2D eigenvalue weighted by atomic mass is 9.93. The van der Waals surface area contributed by atoms with Crippen molar-refractivity contribution in [3.8, 4) is 0 Å². The Labute approximate surface area is 114 Å². The Hall–Kier alpha value is -1.71. The van der Waals surface area contributed by atoms with Crippen molar-refractivity contribution in [3.05, 3.63) is 29.6 Å². The maximum atomic E-state index is 12.5. The molecular weight excluding hydrogens is 242 g/mol. The summed E-state index contributed by atoms with van der Waals surface area (Å²) in [6.07, 6.45) is 3.55. The van der Waals surface area contributed by atoms with E-state index < -0.39 is 11.9 Å². The average molecular weight is 263 g/mol. The minimum atomic E-state index is -0.731. The second-order valence-electron chi connectivity index (χ2n) is 4.32. The van der Waals surface area contributed by atoms with E-state index >= 15 is 0 Å². The molecule has 1 aromatic heterocycles. The standard InChI is InChI=1S/C15H21NO3/c1-4-8-12(15(18)19-6-3)14(17)13-11(5-2)9-7-10-16-13/h7,9-10,12H,4-6,8H2,1-3H3. The largest absolute Gasteiger partial charge is 0.465 e. The first-order valence-electron chi connectivity index (χ1n) is 6.80. The highest BCUT2D eigenvalue weighted by molar-refractivity contribution is 6.08. The summed E-state index contributed by atoms with van der Waals surface area (Å²) in [5.41, 5.74) is 1.27. The quantitative estimate of drug-likeness (QED) is 0.431. The summed E-state index contributed by atoms with van der Waals surface area (Å²) in [5.74, 6) is -1.40. The van der Waals surface area contributed by atoms with Gasteiger partial charge in [0.1, 0.15) is 11.6 Å². The van der Waals surface area contributed by atoms with E-state index in [9.17, 15) is 9.59 Å². The molecule has 0 N–H and O–H groups in total. The number of esters is 1. The van der Waals surface area contributed by atoms with Gasteiger partial charge in [0.05, 0.1) is 6.61 Å². The Morgan fingerprint density at radius 2 is 2.05 bits per heavy atom. The second-order valence-corrected chi connectivity index (χ2v) is 4.32. The van der Waals surface area contributed by atoms with Crippen molar-refractivity contribution in [2.24, 2.45) is 5.92 Å². The fourth-order valence-corrected chi connectivity index (χ4v) is 2.00. The average Bonchev–Trinajstić information content (AvgIpc) is 2.44. The highest BCUT2D eigenvalue weighted by Gasteiger charge is 2.30. The van der Waals surface area contributed by atoms with E-state index in [4.69, 9.17) is 4.74 Å². The number of carbonyl (C=O) groups is 2. The van der Waals surface area contributed by atoms with Crippen LogP contribution >= 0.6 is 0 Å². The zero-order chi connectivity index (χ0) is 14.3. The summed E-state index contributed by atoms with van der Waals surface area (Å²) >= 11 is 0. The van der Waals surface area contributed by atoms with Crippen LogP contribution in [-0.4, -0.2) is 23.3 Å². The summed E-state index contributed by atoms with van der Waals surface area (Å²) < 4.78 is 4.99. The molecule has 4 nitrogen and oxygen atoms in total. The molecule has 0 aliphatic carbocycles. The zero-order valence-corrected chi connectivity index (χ0v) is 11.8. The smallest absolute Gasteiger partial charge is 0.316 e. The van der Waals surface area contributed by atoms with Crippen LogP contribution in [0.25, 0.3) is 0 Å². The monoisotopic (exact) mass is 263 g/mol. The molecule has 0 aliphatic heterocycles. The number of Topliss-reactive ketones (excluding diaryl/α,β-unsaturated/α-hetero) is 1. The Kier molecular flexibility index (Phi) is 6.19. The first-order valence-corrected chi connectivity index (χ1v) is 6.80. The van der Waals surface area contributed by atoms with Gasteiger partial charge in [-0.3, -0.25) is 14.6 Å². The van der Waals surface area contributed by atoms with E-state index in [2.05, 4.69) is 4.98 Å². The number of rotatable bonds is 7. The number of hydrogen-bond donors (Lipinski definition) is 0. The minimum Gasteiger partial charge on any atom is -0.465 e. The lowest BCUT2D eigenvalue weighted by Gasteiger charge is -2.14. The molecule has 0 saturated heterocycles. The van der Waals surface area contributed by atoms with E-state index in [0.717, 1.165) is 18.4 Å². The van der Waals surface area contributed by atoms with E-state index in [0.29, 0.717) is 12.1 Å². The molecule has 0 bridgehead atoms. The predicted molar refractivity (Wildman–Crippen MR) is 73.0 cm³/mol. The third-order valence-electron chi connectivity index (χ3n) is 2.97. The predicted octanol–water partition coefficient (Wildman–Crippen LogP) is 2.81. The number of ketones is 1.